The minimum atomic E-state index is -0.0235. The van der Waals surface area contributed by atoms with Gasteiger partial charge in [-0.2, -0.15) is 0 Å². The van der Waals surface area contributed by atoms with Crippen LogP contribution in [0, 0.1) is 0 Å². The first-order chi connectivity index (χ1) is 9.22. The fourth-order valence-electron chi connectivity index (χ4n) is 1.82. The second-order valence-electron chi connectivity index (χ2n) is 4.07. The molecule has 1 aromatic heterocycles. The number of hydrogen-bond donors (Lipinski definition) is 0. The highest BCUT2D eigenvalue weighted by atomic mass is 16.5. The van der Waals surface area contributed by atoms with Crippen molar-refractivity contribution in [2.24, 2.45) is 0 Å². The first-order valence-electron chi connectivity index (χ1n) is 5.99. The second kappa shape index (κ2) is 5.96. The number of carbonyl (C=O) groups is 1. The van der Waals surface area contributed by atoms with Gasteiger partial charge >= 0.3 is 0 Å². The molecule has 1 heterocycles. The van der Waals surface area contributed by atoms with E-state index >= 15 is 0 Å². The van der Waals surface area contributed by atoms with Crippen LogP contribution in [0.2, 0.25) is 0 Å². The Hall–Kier alpha value is -2.42. The van der Waals surface area contributed by atoms with E-state index in [4.69, 9.17) is 4.74 Å². The van der Waals surface area contributed by atoms with E-state index in [9.17, 15) is 4.79 Å². The van der Waals surface area contributed by atoms with Crippen LogP contribution in [0.3, 0.4) is 0 Å². The van der Waals surface area contributed by atoms with Crippen molar-refractivity contribution in [2.75, 3.05) is 7.11 Å². The van der Waals surface area contributed by atoms with Gasteiger partial charge in [-0.1, -0.05) is 24.3 Å². The molecule has 1 aromatic carbocycles. The fourth-order valence-corrected chi connectivity index (χ4v) is 1.82. The van der Waals surface area contributed by atoms with Crippen molar-refractivity contribution in [2.45, 2.75) is 6.92 Å². The van der Waals surface area contributed by atoms with E-state index in [2.05, 4.69) is 4.98 Å². The van der Waals surface area contributed by atoms with Gasteiger partial charge in [0.25, 0.3) is 0 Å². The molecule has 0 bridgehead atoms. The maximum absolute atomic E-state index is 11.8. The smallest absolute Gasteiger partial charge is 0.161 e. The number of pyridine rings is 1. The molecule has 0 aliphatic carbocycles. The molecular weight excluding hydrogens is 238 g/mol. The number of nitrogens with zero attached hydrogens (tertiary/aromatic N) is 1. The third-order valence-electron chi connectivity index (χ3n) is 2.76. The van der Waals surface area contributed by atoms with Gasteiger partial charge in [0.1, 0.15) is 5.75 Å². The van der Waals surface area contributed by atoms with Crippen LogP contribution in [-0.4, -0.2) is 17.9 Å². The number of aromatic nitrogens is 1. The van der Waals surface area contributed by atoms with Crippen LogP contribution in [0.15, 0.2) is 48.7 Å². The number of methoxy groups -OCH3 is 1. The molecule has 0 atom stereocenters. The summed E-state index contributed by atoms with van der Waals surface area (Å²) in [5.41, 5.74) is 2.10. The average molecular weight is 253 g/mol. The lowest BCUT2D eigenvalue weighted by molar-refractivity contribution is -0.111. The zero-order chi connectivity index (χ0) is 13.7. The summed E-state index contributed by atoms with van der Waals surface area (Å²) in [4.78, 5) is 16.0. The molecule has 0 spiro atoms. The van der Waals surface area contributed by atoms with Gasteiger partial charge in [-0.05, 0) is 31.2 Å². The Morgan fingerprint density at radius 3 is 2.53 bits per heavy atom. The third-order valence-corrected chi connectivity index (χ3v) is 2.76. The Morgan fingerprint density at radius 2 is 1.89 bits per heavy atom. The molecule has 0 unspecified atom stereocenters. The highest BCUT2D eigenvalue weighted by Gasteiger charge is 2.09. The summed E-state index contributed by atoms with van der Waals surface area (Å²) < 4.78 is 5.29. The Labute approximate surface area is 112 Å². The molecule has 0 aliphatic heterocycles. The van der Waals surface area contributed by atoms with Crippen LogP contribution in [-0.2, 0) is 4.79 Å². The van der Waals surface area contributed by atoms with E-state index in [0.717, 1.165) is 11.3 Å². The average Bonchev–Trinajstić information content (AvgIpc) is 2.45. The van der Waals surface area contributed by atoms with Crippen molar-refractivity contribution < 1.29 is 9.53 Å². The number of ether oxygens (including phenoxy) is 1. The predicted molar refractivity (Wildman–Crippen MR) is 75.8 cm³/mol. The van der Waals surface area contributed by atoms with Crippen molar-refractivity contribution in [3.63, 3.8) is 0 Å². The fraction of sp³-hybridized carbons (Fsp3) is 0.125. The first kappa shape index (κ1) is 13.0. The molecule has 0 saturated carbocycles. The Morgan fingerprint density at radius 1 is 1.16 bits per heavy atom. The van der Waals surface area contributed by atoms with Crippen molar-refractivity contribution in [3.8, 4) is 5.75 Å². The molecule has 0 N–H and O–H groups in total. The zero-order valence-electron chi connectivity index (χ0n) is 11.0. The molecule has 0 saturated heterocycles. The van der Waals surface area contributed by atoms with E-state index in [1.54, 1.807) is 13.3 Å². The number of ketones is 1. The lowest BCUT2D eigenvalue weighted by atomic mass is 10.0. The van der Waals surface area contributed by atoms with E-state index in [0.29, 0.717) is 11.3 Å². The lowest BCUT2D eigenvalue weighted by Gasteiger charge is -2.07. The molecule has 2 aromatic rings. The van der Waals surface area contributed by atoms with Crippen LogP contribution < -0.4 is 4.74 Å². The van der Waals surface area contributed by atoms with Gasteiger partial charge in [0.15, 0.2) is 5.78 Å². The van der Waals surface area contributed by atoms with Crippen molar-refractivity contribution in [1.82, 2.24) is 4.98 Å². The number of Topliss-reactive ketones (excluding diaryl/α,β-unsaturated/α-hetero) is 1. The second-order valence-corrected chi connectivity index (χ2v) is 4.07. The molecule has 0 radical (unpaired) electrons. The van der Waals surface area contributed by atoms with E-state index in [-0.39, 0.29) is 5.78 Å². The van der Waals surface area contributed by atoms with Crippen molar-refractivity contribution >= 4 is 17.4 Å². The van der Waals surface area contributed by atoms with Crippen molar-refractivity contribution in [1.29, 1.82) is 0 Å². The predicted octanol–water partition coefficient (Wildman–Crippen LogP) is 3.22. The topological polar surface area (TPSA) is 39.2 Å². The van der Waals surface area contributed by atoms with Gasteiger partial charge in [-0.3, -0.25) is 9.78 Å². The molecule has 0 fully saturated rings. The quantitative estimate of drug-likeness (QED) is 0.785. The summed E-state index contributed by atoms with van der Waals surface area (Å²) in [6.45, 7) is 1.54. The summed E-state index contributed by atoms with van der Waals surface area (Å²) in [5, 5.41) is 0. The van der Waals surface area contributed by atoms with Crippen LogP contribution in [0.25, 0.3) is 11.6 Å². The molecular formula is C16H15NO2. The number of para-hydroxylation sites is 1. The normalized spacial score (nSPS) is 11.2. The highest BCUT2D eigenvalue weighted by molar-refractivity contribution is 6.23. The molecule has 96 valence electrons. The van der Waals surface area contributed by atoms with Gasteiger partial charge in [0, 0.05) is 17.3 Å². The lowest BCUT2D eigenvalue weighted by Crippen LogP contribution is -1.98. The molecule has 3 nitrogen and oxygen atoms in total. The summed E-state index contributed by atoms with van der Waals surface area (Å²) in [6.07, 6.45) is 3.48. The summed E-state index contributed by atoms with van der Waals surface area (Å²) in [5.74, 6) is 0.710. The van der Waals surface area contributed by atoms with Gasteiger partial charge in [-0.25, -0.2) is 0 Å². The Kier molecular flexibility index (Phi) is 4.08. The highest BCUT2D eigenvalue weighted by Crippen LogP contribution is 2.24. The van der Waals surface area contributed by atoms with E-state index in [1.165, 1.54) is 6.92 Å². The maximum atomic E-state index is 11.8. The van der Waals surface area contributed by atoms with Gasteiger partial charge in [-0.15, -0.1) is 0 Å². The van der Waals surface area contributed by atoms with Crippen LogP contribution in [0.1, 0.15) is 18.2 Å². The monoisotopic (exact) mass is 253 g/mol. The number of carbonyl (C=O) groups excluding carboxylic acids is 1. The van der Waals surface area contributed by atoms with E-state index in [1.807, 2.05) is 48.5 Å². The van der Waals surface area contributed by atoms with Crippen molar-refractivity contribution in [3.05, 3.63) is 59.9 Å². The Balaban J connectivity index is 2.51. The summed E-state index contributed by atoms with van der Waals surface area (Å²) in [6, 6.07) is 13.1. The largest absolute Gasteiger partial charge is 0.496 e. The molecule has 0 amide bonds. The van der Waals surface area contributed by atoms with Gasteiger partial charge in [0.05, 0.1) is 12.8 Å². The molecule has 0 aliphatic rings. The third kappa shape index (κ3) is 3.07. The summed E-state index contributed by atoms with van der Waals surface area (Å²) >= 11 is 0. The van der Waals surface area contributed by atoms with Gasteiger partial charge < -0.3 is 4.74 Å². The van der Waals surface area contributed by atoms with Gasteiger partial charge in [0.2, 0.25) is 0 Å². The summed E-state index contributed by atoms with van der Waals surface area (Å²) in [7, 11) is 1.61. The molecule has 19 heavy (non-hydrogen) atoms. The molecule has 2 rings (SSSR count). The zero-order valence-corrected chi connectivity index (χ0v) is 11.0. The minimum absolute atomic E-state index is 0.0235. The number of allylic oxidation sites excluding steroid dienone is 1. The minimum Gasteiger partial charge on any atom is -0.496 e. The number of hydrogen-bond acceptors (Lipinski definition) is 3. The SMILES string of the molecule is COc1ccccc1/C=C(/C(C)=O)c1ccccn1. The standard InChI is InChI=1S/C16H15NO2/c1-12(18)14(15-8-5-6-10-17-15)11-13-7-3-4-9-16(13)19-2/h3-11H,1-2H3/b14-11-. The van der Waals surface area contributed by atoms with Crippen LogP contribution >= 0.6 is 0 Å². The van der Waals surface area contributed by atoms with Crippen LogP contribution in [0.5, 0.6) is 5.75 Å². The number of benzene rings is 1. The number of rotatable bonds is 4. The maximum Gasteiger partial charge on any atom is 0.161 e. The molecule has 3 heteroatoms. The van der Waals surface area contributed by atoms with E-state index < -0.39 is 0 Å². The van der Waals surface area contributed by atoms with Crippen LogP contribution in [0.4, 0.5) is 0 Å². The Bertz CT molecular complexity index is 603. The first-order valence-corrected chi connectivity index (χ1v) is 5.99.